The van der Waals surface area contributed by atoms with Crippen LogP contribution in [0.25, 0.3) is 11.5 Å². The van der Waals surface area contributed by atoms with Gasteiger partial charge in [0.15, 0.2) is 23.1 Å². The van der Waals surface area contributed by atoms with Crippen LogP contribution in [0, 0.1) is 0 Å². The second-order valence-electron chi connectivity index (χ2n) is 5.42. The molecule has 3 rings (SSSR count). The monoisotopic (exact) mass is 445 g/mol. The maximum atomic E-state index is 11.0. The van der Waals surface area contributed by atoms with Crippen LogP contribution in [0.5, 0.6) is 0 Å². The zero-order valence-electron chi connectivity index (χ0n) is 13.6. The minimum atomic E-state index is 0.0696. The average molecular weight is 447 g/mol. The second kappa shape index (κ2) is 8.45. The van der Waals surface area contributed by atoms with Crippen molar-refractivity contribution in [1.29, 1.82) is 0 Å². The Balaban J connectivity index is 2.07. The third kappa shape index (κ3) is 4.30. The summed E-state index contributed by atoms with van der Waals surface area (Å²) >= 11 is 15.0. The van der Waals surface area contributed by atoms with Crippen LogP contribution in [0.15, 0.2) is 83.6 Å². The lowest BCUT2D eigenvalue weighted by atomic mass is 10.1. The Morgan fingerprint density at radius 1 is 0.962 bits per heavy atom. The number of aromatic nitrogens is 1. The highest BCUT2D eigenvalue weighted by atomic mass is 79.9. The van der Waals surface area contributed by atoms with Crippen LogP contribution >= 0.6 is 39.7 Å². The first-order chi connectivity index (χ1) is 12.6. The number of thiocarbonyl (C=S) groups is 1. The van der Waals surface area contributed by atoms with Crippen molar-refractivity contribution < 1.29 is 9.67 Å². The average Bonchev–Trinajstić information content (AvgIpc) is 2.65. The van der Waals surface area contributed by atoms with Crippen molar-refractivity contribution in [3.63, 3.8) is 0 Å². The summed E-state index contributed by atoms with van der Waals surface area (Å²) in [6.45, 7) is 0. The Labute approximate surface area is 170 Å². The predicted octanol–water partition coefficient (Wildman–Crippen LogP) is 5.71. The van der Waals surface area contributed by atoms with Gasteiger partial charge in [0, 0.05) is 32.9 Å². The topological polar surface area (TPSA) is 36.1 Å². The molecule has 0 aliphatic rings. The van der Waals surface area contributed by atoms with Crippen LogP contribution in [0.2, 0.25) is 5.02 Å². The molecule has 2 aromatic carbocycles. The first-order valence-corrected chi connectivity index (χ1v) is 9.36. The normalized spacial score (nSPS) is 11.6. The summed E-state index contributed by atoms with van der Waals surface area (Å²) in [5.41, 5.74) is 1.91. The standard InChI is InChI=1S/C20H14BrClN2OS/c21-17-7-3-2-6-16(17)19(25)18(24-12-4-1-5-13-24)20(26)23-15-10-8-14(22)9-11-15/h1-13H,(H-,23,25,26)/p+1. The number of hydrogen-bond acceptors (Lipinski definition) is 2. The second-order valence-corrected chi connectivity index (χ2v) is 7.12. The van der Waals surface area contributed by atoms with E-state index < -0.39 is 0 Å². The molecule has 0 unspecified atom stereocenters. The summed E-state index contributed by atoms with van der Waals surface area (Å²) in [4.78, 5) is 0.386. The van der Waals surface area contributed by atoms with Crippen LogP contribution in [0.4, 0.5) is 5.69 Å². The summed E-state index contributed by atoms with van der Waals surface area (Å²) in [6, 6.07) is 20.3. The first kappa shape index (κ1) is 18.6. The third-order valence-corrected chi connectivity index (χ3v) is 4.88. The highest BCUT2D eigenvalue weighted by Gasteiger charge is 2.24. The molecule has 2 N–H and O–H groups in total. The van der Waals surface area contributed by atoms with Crippen LogP contribution in [0.3, 0.4) is 0 Å². The van der Waals surface area contributed by atoms with E-state index in [-0.39, 0.29) is 5.76 Å². The van der Waals surface area contributed by atoms with E-state index in [0.29, 0.717) is 21.3 Å². The lowest BCUT2D eigenvalue weighted by Crippen LogP contribution is -2.38. The zero-order valence-corrected chi connectivity index (χ0v) is 16.7. The van der Waals surface area contributed by atoms with Crippen LogP contribution in [0.1, 0.15) is 5.56 Å². The van der Waals surface area contributed by atoms with Gasteiger partial charge in [-0.15, -0.1) is 0 Å². The number of pyridine rings is 1. The van der Waals surface area contributed by atoms with Gasteiger partial charge in [-0.1, -0.05) is 57.9 Å². The largest absolute Gasteiger partial charge is 0.502 e. The van der Waals surface area contributed by atoms with Gasteiger partial charge in [-0.25, -0.2) is 0 Å². The molecule has 1 aromatic heterocycles. The molecule has 3 nitrogen and oxygen atoms in total. The van der Waals surface area contributed by atoms with E-state index in [1.54, 1.807) is 16.7 Å². The first-order valence-electron chi connectivity index (χ1n) is 7.78. The molecule has 0 amide bonds. The maximum absolute atomic E-state index is 11.0. The molecule has 0 spiro atoms. The number of aliphatic hydroxyl groups is 1. The molecule has 3 aromatic rings. The van der Waals surface area contributed by atoms with Crippen LogP contribution in [-0.4, -0.2) is 10.1 Å². The van der Waals surface area contributed by atoms with Gasteiger partial charge in [-0.3, -0.25) is 0 Å². The summed E-state index contributed by atoms with van der Waals surface area (Å²) in [5, 5.41) is 14.8. The fourth-order valence-corrected chi connectivity index (χ4v) is 3.32. The fraction of sp³-hybridized carbons (Fsp3) is 0. The highest BCUT2D eigenvalue weighted by molar-refractivity contribution is 9.10. The Morgan fingerprint density at radius 3 is 2.27 bits per heavy atom. The minimum absolute atomic E-state index is 0.0696. The fourth-order valence-electron chi connectivity index (χ4n) is 2.40. The number of hydrogen-bond donors (Lipinski definition) is 2. The molecule has 130 valence electrons. The number of benzene rings is 2. The molecular formula is C20H15BrClN2OS+. The van der Waals surface area contributed by atoms with Gasteiger partial charge in [0.1, 0.15) is 0 Å². The van der Waals surface area contributed by atoms with E-state index in [1.807, 2.05) is 67.0 Å². The molecule has 0 saturated carbocycles. The number of rotatable bonds is 4. The molecule has 0 fully saturated rings. The third-order valence-electron chi connectivity index (χ3n) is 3.64. The molecule has 26 heavy (non-hydrogen) atoms. The Bertz CT molecular complexity index is 959. The molecule has 0 atom stereocenters. The maximum Gasteiger partial charge on any atom is 0.288 e. The number of anilines is 1. The van der Waals surface area contributed by atoms with Gasteiger partial charge in [0.2, 0.25) is 0 Å². The Hall–Kier alpha value is -2.21. The molecule has 1 heterocycles. The van der Waals surface area contributed by atoms with E-state index in [9.17, 15) is 5.11 Å². The SMILES string of the molecule is O/C(=C(\C(=S)Nc1ccc(Cl)cc1)[n+]1ccccc1)c1ccccc1Br. The van der Waals surface area contributed by atoms with E-state index in [2.05, 4.69) is 21.2 Å². The van der Waals surface area contributed by atoms with Crippen molar-refractivity contribution in [3.8, 4) is 0 Å². The Morgan fingerprint density at radius 2 is 1.62 bits per heavy atom. The summed E-state index contributed by atoms with van der Waals surface area (Å²) in [6.07, 6.45) is 3.66. The van der Waals surface area contributed by atoms with Crippen molar-refractivity contribution in [2.24, 2.45) is 0 Å². The summed E-state index contributed by atoms with van der Waals surface area (Å²) in [5.74, 6) is 0.0696. The number of nitrogens with zero attached hydrogens (tertiary/aromatic N) is 1. The van der Waals surface area contributed by atoms with Gasteiger partial charge in [-0.05, 0) is 36.4 Å². The summed E-state index contributed by atoms with van der Waals surface area (Å²) in [7, 11) is 0. The van der Waals surface area contributed by atoms with Gasteiger partial charge in [0.25, 0.3) is 5.70 Å². The smallest absolute Gasteiger partial charge is 0.288 e. The predicted molar refractivity (Wildman–Crippen MR) is 114 cm³/mol. The number of nitrogens with one attached hydrogen (secondary N) is 1. The van der Waals surface area contributed by atoms with Crippen molar-refractivity contribution in [2.75, 3.05) is 5.32 Å². The van der Waals surface area contributed by atoms with Gasteiger partial charge in [0.05, 0.1) is 0 Å². The summed E-state index contributed by atoms with van der Waals surface area (Å²) < 4.78 is 2.56. The number of aliphatic hydroxyl groups excluding tert-OH is 1. The minimum Gasteiger partial charge on any atom is -0.502 e. The van der Waals surface area contributed by atoms with Crippen LogP contribution < -0.4 is 9.88 Å². The highest BCUT2D eigenvalue weighted by Crippen LogP contribution is 2.26. The van der Waals surface area contributed by atoms with Gasteiger partial charge < -0.3 is 10.4 Å². The Kier molecular flexibility index (Phi) is 6.04. The van der Waals surface area contributed by atoms with Crippen molar-refractivity contribution in [3.05, 3.63) is 94.2 Å². The lowest BCUT2D eigenvalue weighted by molar-refractivity contribution is -0.575. The lowest BCUT2D eigenvalue weighted by Gasteiger charge is -2.11. The molecule has 6 heteroatoms. The molecule has 0 saturated heterocycles. The van der Waals surface area contributed by atoms with E-state index in [0.717, 1.165) is 10.2 Å². The van der Waals surface area contributed by atoms with Gasteiger partial charge >= 0.3 is 0 Å². The number of halogens is 2. The van der Waals surface area contributed by atoms with Gasteiger partial charge in [-0.2, -0.15) is 4.57 Å². The molecular weight excluding hydrogens is 432 g/mol. The van der Waals surface area contributed by atoms with Crippen molar-refractivity contribution in [1.82, 2.24) is 0 Å². The molecule has 0 aliphatic carbocycles. The zero-order chi connectivity index (χ0) is 18.5. The van der Waals surface area contributed by atoms with Crippen molar-refractivity contribution >= 4 is 61.9 Å². The molecule has 0 bridgehead atoms. The van der Waals surface area contributed by atoms with E-state index in [1.165, 1.54) is 0 Å². The molecule has 0 radical (unpaired) electrons. The quantitative estimate of drug-likeness (QED) is 0.233. The van der Waals surface area contributed by atoms with E-state index in [4.69, 9.17) is 23.8 Å². The van der Waals surface area contributed by atoms with Crippen molar-refractivity contribution in [2.45, 2.75) is 0 Å². The van der Waals surface area contributed by atoms with E-state index >= 15 is 0 Å². The van der Waals surface area contributed by atoms with Crippen LogP contribution in [-0.2, 0) is 0 Å². The molecule has 0 aliphatic heterocycles.